The minimum absolute atomic E-state index is 0.159. The molecule has 5 heteroatoms. The highest BCUT2D eigenvalue weighted by Gasteiger charge is 2.26. The first kappa shape index (κ1) is 13.1. The van der Waals surface area contributed by atoms with Crippen molar-refractivity contribution in [2.75, 3.05) is 6.26 Å². The lowest BCUT2D eigenvalue weighted by Gasteiger charge is -2.16. The van der Waals surface area contributed by atoms with Gasteiger partial charge < -0.3 is 0 Å². The molecule has 0 saturated carbocycles. The Morgan fingerprint density at radius 1 is 1.29 bits per heavy atom. The molecule has 2 atom stereocenters. The van der Waals surface area contributed by atoms with Crippen molar-refractivity contribution in [3.63, 3.8) is 0 Å². The molecular formula is C12H13BrO2S2. The molecule has 2 rings (SSSR count). The molecule has 0 amide bonds. The summed E-state index contributed by atoms with van der Waals surface area (Å²) in [5.41, 5.74) is 1.06. The summed E-state index contributed by atoms with van der Waals surface area (Å²) in [6, 6.07) is 8.05. The van der Waals surface area contributed by atoms with Gasteiger partial charge in [0.1, 0.15) is 0 Å². The highest BCUT2D eigenvalue weighted by Crippen LogP contribution is 2.38. The van der Waals surface area contributed by atoms with Crippen molar-refractivity contribution in [2.45, 2.75) is 17.0 Å². The summed E-state index contributed by atoms with van der Waals surface area (Å²) >= 11 is 5.16. The van der Waals surface area contributed by atoms with E-state index in [2.05, 4.69) is 15.9 Å². The Bertz CT molecular complexity index is 631. The largest absolute Gasteiger partial charge is 0.229 e. The molecule has 1 aromatic heterocycles. The summed E-state index contributed by atoms with van der Waals surface area (Å²) < 4.78 is 24.3. The fraction of sp³-hybridized carbons (Fsp3) is 0.333. The quantitative estimate of drug-likeness (QED) is 0.801. The molecular weight excluding hydrogens is 320 g/mol. The van der Waals surface area contributed by atoms with Crippen LogP contribution in [0.1, 0.15) is 17.3 Å². The van der Waals surface area contributed by atoms with Gasteiger partial charge in [-0.05, 0) is 29.3 Å². The normalized spacial score (nSPS) is 15.9. The van der Waals surface area contributed by atoms with Gasteiger partial charge >= 0.3 is 0 Å². The van der Waals surface area contributed by atoms with Crippen LogP contribution in [0.2, 0.25) is 0 Å². The number of rotatable bonds is 3. The maximum atomic E-state index is 11.6. The molecule has 0 saturated heterocycles. The van der Waals surface area contributed by atoms with E-state index in [0.717, 1.165) is 10.9 Å². The number of halogens is 1. The zero-order chi connectivity index (χ0) is 12.6. The molecule has 0 aliphatic heterocycles. The molecule has 92 valence electrons. The van der Waals surface area contributed by atoms with E-state index in [1.165, 1.54) is 11.0 Å². The molecule has 0 fully saturated rings. The van der Waals surface area contributed by atoms with Crippen LogP contribution in [0.5, 0.6) is 0 Å². The lowest BCUT2D eigenvalue weighted by Crippen LogP contribution is -2.20. The summed E-state index contributed by atoms with van der Waals surface area (Å²) in [4.78, 5) is -0.159. The first-order chi connectivity index (χ1) is 7.91. The van der Waals surface area contributed by atoms with Crippen LogP contribution >= 0.6 is 27.3 Å². The minimum atomic E-state index is -3.04. The van der Waals surface area contributed by atoms with Crippen LogP contribution < -0.4 is 0 Å². The number of hydrogen-bond acceptors (Lipinski definition) is 3. The first-order valence-corrected chi connectivity index (χ1v) is 8.95. The summed E-state index contributed by atoms with van der Waals surface area (Å²) in [5, 5.41) is 2.74. The van der Waals surface area contributed by atoms with Crippen molar-refractivity contribution in [2.24, 2.45) is 0 Å². The topological polar surface area (TPSA) is 34.1 Å². The van der Waals surface area contributed by atoms with Crippen molar-refractivity contribution >= 4 is 47.2 Å². The van der Waals surface area contributed by atoms with Gasteiger partial charge in [-0.3, -0.25) is 0 Å². The summed E-state index contributed by atoms with van der Waals surface area (Å²) in [7, 11) is -3.04. The van der Waals surface area contributed by atoms with Crippen LogP contribution in [-0.2, 0) is 9.84 Å². The zero-order valence-electron chi connectivity index (χ0n) is 9.55. The average Bonchev–Trinajstić information content (AvgIpc) is 2.69. The van der Waals surface area contributed by atoms with Gasteiger partial charge in [0.25, 0.3) is 0 Å². The van der Waals surface area contributed by atoms with Crippen LogP contribution in [0.4, 0.5) is 0 Å². The van der Waals surface area contributed by atoms with E-state index in [9.17, 15) is 8.42 Å². The Labute approximate surface area is 114 Å². The van der Waals surface area contributed by atoms with E-state index in [1.807, 2.05) is 29.6 Å². The van der Waals surface area contributed by atoms with E-state index < -0.39 is 15.1 Å². The molecule has 0 aliphatic rings. The van der Waals surface area contributed by atoms with Crippen molar-refractivity contribution in [3.8, 4) is 0 Å². The molecule has 0 bridgehead atoms. The fourth-order valence-corrected chi connectivity index (χ4v) is 4.99. The minimum Gasteiger partial charge on any atom is -0.229 e. The molecule has 2 unspecified atom stereocenters. The van der Waals surface area contributed by atoms with Crippen molar-refractivity contribution in [1.82, 2.24) is 0 Å². The predicted octanol–water partition coefficient (Wildman–Crippen LogP) is 3.77. The van der Waals surface area contributed by atoms with E-state index >= 15 is 0 Å². The second-order valence-electron chi connectivity index (χ2n) is 4.12. The SMILES string of the molecule is CC(C(Br)c1csc2ccccc12)S(C)(=O)=O. The lowest BCUT2D eigenvalue weighted by atomic mass is 10.1. The number of benzene rings is 1. The van der Waals surface area contributed by atoms with Gasteiger partial charge in [-0.15, -0.1) is 11.3 Å². The van der Waals surface area contributed by atoms with Crippen molar-refractivity contribution in [3.05, 3.63) is 35.2 Å². The Morgan fingerprint density at radius 2 is 1.94 bits per heavy atom. The highest BCUT2D eigenvalue weighted by atomic mass is 79.9. The van der Waals surface area contributed by atoms with Crippen LogP contribution in [0, 0.1) is 0 Å². The van der Waals surface area contributed by atoms with Crippen LogP contribution in [0.25, 0.3) is 10.1 Å². The summed E-state index contributed by atoms with van der Waals surface area (Å²) in [5.74, 6) is 0. The summed E-state index contributed by atoms with van der Waals surface area (Å²) in [6.45, 7) is 1.74. The Balaban J connectivity index is 2.47. The lowest BCUT2D eigenvalue weighted by molar-refractivity contribution is 0.588. The smallest absolute Gasteiger partial charge is 0.151 e. The van der Waals surface area contributed by atoms with E-state index in [4.69, 9.17) is 0 Å². The molecule has 1 heterocycles. The maximum absolute atomic E-state index is 11.6. The molecule has 17 heavy (non-hydrogen) atoms. The number of alkyl halides is 1. The van der Waals surface area contributed by atoms with E-state index in [-0.39, 0.29) is 4.83 Å². The number of fused-ring (bicyclic) bond motifs is 1. The maximum Gasteiger partial charge on any atom is 0.151 e. The van der Waals surface area contributed by atoms with Gasteiger partial charge in [0, 0.05) is 11.0 Å². The highest BCUT2D eigenvalue weighted by molar-refractivity contribution is 9.09. The molecule has 0 spiro atoms. The summed E-state index contributed by atoms with van der Waals surface area (Å²) in [6.07, 6.45) is 1.28. The molecule has 2 aromatic rings. The average molecular weight is 333 g/mol. The van der Waals surface area contributed by atoms with Crippen LogP contribution in [0.15, 0.2) is 29.6 Å². The van der Waals surface area contributed by atoms with Gasteiger partial charge in [-0.2, -0.15) is 0 Å². The Hall–Kier alpha value is -0.390. The van der Waals surface area contributed by atoms with Crippen molar-refractivity contribution in [1.29, 1.82) is 0 Å². The first-order valence-electron chi connectivity index (χ1n) is 5.20. The molecule has 0 aliphatic carbocycles. The Kier molecular flexibility index (Phi) is 3.61. The molecule has 0 radical (unpaired) electrons. The third kappa shape index (κ3) is 2.56. The predicted molar refractivity (Wildman–Crippen MR) is 77.8 cm³/mol. The fourth-order valence-electron chi connectivity index (χ4n) is 1.68. The molecule has 2 nitrogen and oxygen atoms in total. The third-order valence-electron chi connectivity index (χ3n) is 2.90. The van der Waals surface area contributed by atoms with Gasteiger partial charge in [0.2, 0.25) is 0 Å². The van der Waals surface area contributed by atoms with Crippen LogP contribution in [-0.4, -0.2) is 19.9 Å². The van der Waals surface area contributed by atoms with Crippen LogP contribution in [0.3, 0.4) is 0 Å². The van der Waals surface area contributed by atoms with E-state index in [0.29, 0.717) is 0 Å². The third-order valence-corrected chi connectivity index (χ3v) is 7.14. The monoisotopic (exact) mass is 332 g/mol. The van der Waals surface area contributed by atoms with Gasteiger partial charge in [0.05, 0.1) is 10.1 Å². The number of thiophene rings is 1. The molecule has 1 aromatic carbocycles. The van der Waals surface area contributed by atoms with Crippen molar-refractivity contribution < 1.29 is 8.42 Å². The number of sulfone groups is 1. The second kappa shape index (κ2) is 4.71. The molecule has 0 N–H and O–H groups in total. The number of hydrogen-bond donors (Lipinski definition) is 0. The van der Waals surface area contributed by atoms with Gasteiger partial charge in [-0.25, -0.2) is 8.42 Å². The van der Waals surface area contributed by atoms with E-state index in [1.54, 1.807) is 18.3 Å². The second-order valence-corrected chi connectivity index (χ2v) is 8.42. The van der Waals surface area contributed by atoms with Gasteiger partial charge in [-0.1, -0.05) is 34.1 Å². The zero-order valence-corrected chi connectivity index (χ0v) is 12.8. The Morgan fingerprint density at radius 3 is 2.59 bits per heavy atom. The van der Waals surface area contributed by atoms with Gasteiger partial charge in [0.15, 0.2) is 9.84 Å². The standard InChI is InChI=1S/C12H13BrO2S2/c1-8(17(2,14)15)12(13)10-7-16-11-6-4-3-5-9(10)11/h3-8,12H,1-2H3.